The molecular formula is C17H24IN5. The Morgan fingerprint density at radius 3 is 2.70 bits per heavy atom. The molecule has 0 fully saturated rings. The molecule has 1 aromatic heterocycles. The number of nitrogens with two attached hydrogens (primary N) is 1. The molecule has 1 aromatic carbocycles. The van der Waals surface area contributed by atoms with Gasteiger partial charge in [0.25, 0.3) is 0 Å². The largest absolute Gasteiger partial charge is 0.370 e. The van der Waals surface area contributed by atoms with E-state index in [-0.39, 0.29) is 24.0 Å². The SMILES string of the molecule is CCc1cccc(NC(N)=NCc2ccnc(N(C)C)c2)c1.I. The Kier molecular flexibility index (Phi) is 7.80. The minimum Gasteiger partial charge on any atom is -0.370 e. The van der Waals surface area contributed by atoms with Crippen LogP contribution in [0.3, 0.4) is 0 Å². The van der Waals surface area contributed by atoms with Crippen LogP contribution < -0.4 is 16.0 Å². The highest BCUT2D eigenvalue weighted by atomic mass is 127. The Balaban J connectivity index is 0.00000264. The second kappa shape index (κ2) is 9.34. The van der Waals surface area contributed by atoms with Crippen LogP contribution in [0.4, 0.5) is 11.5 Å². The number of aliphatic imine (C=N–C) groups is 1. The van der Waals surface area contributed by atoms with Crippen LogP contribution in [-0.4, -0.2) is 25.0 Å². The van der Waals surface area contributed by atoms with Crippen molar-refractivity contribution in [3.8, 4) is 0 Å². The fourth-order valence-electron chi connectivity index (χ4n) is 2.04. The van der Waals surface area contributed by atoms with Gasteiger partial charge in [0.05, 0.1) is 6.54 Å². The summed E-state index contributed by atoms with van der Waals surface area (Å²) in [6.07, 6.45) is 2.78. The minimum atomic E-state index is 0. The first kappa shape index (κ1) is 19.2. The van der Waals surface area contributed by atoms with E-state index in [1.165, 1.54) is 5.56 Å². The van der Waals surface area contributed by atoms with Crippen LogP contribution in [0.15, 0.2) is 47.6 Å². The van der Waals surface area contributed by atoms with Gasteiger partial charge in [-0.05, 0) is 41.8 Å². The van der Waals surface area contributed by atoms with Crippen LogP contribution >= 0.6 is 24.0 Å². The summed E-state index contributed by atoms with van der Waals surface area (Å²) < 4.78 is 0. The van der Waals surface area contributed by atoms with Crippen molar-refractivity contribution >= 4 is 41.4 Å². The number of nitrogens with zero attached hydrogens (tertiary/aromatic N) is 3. The smallest absolute Gasteiger partial charge is 0.193 e. The first-order valence-electron chi connectivity index (χ1n) is 7.36. The summed E-state index contributed by atoms with van der Waals surface area (Å²) in [6, 6.07) is 12.1. The molecule has 0 saturated heterocycles. The van der Waals surface area contributed by atoms with Gasteiger partial charge in [0, 0.05) is 26.0 Å². The summed E-state index contributed by atoms with van der Waals surface area (Å²) >= 11 is 0. The average molecular weight is 425 g/mol. The second-order valence-corrected chi connectivity index (χ2v) is 5.30. The second-order valence-electron chi connectivity index (χ2n) is 5.30. The van der Waals surface area contributed by atoms with Crippen molar-refractivity contribution < 1.29 is 0 Å². The number of nitrogens with one attached hydrogen (secondary N) is 1. The zero-order chi connectivity index (χ0) is 15.9. The predicted molar refractivity (Wildman–Crippen MR) is 109 cm³/mol. The number of aryl methyl sites for hydroxylation is 1. The number of hydrogen-bond acceptors (Lipinski definition) is 3. The van der Waals surface area contributed by atoms with Crippen LogP contribution in [0.2, 0.25) is 0 Å². The zero-order valence-electron chi connectivity index (χ0n) is 13.8. The lowest BCUT2D eigenvalue weighted by molar-refractivity contribution is 1.02. The first-order valence-corrected chi connectivity index (χ1v) is 7.36. The van der Waals surface area contributed by atoms with E-state index in [0.29, 0.717) is 12.5 Å². The monoisotopic (exact) mass is 425 g/mol. The molecular weight excluding hydrogens is 401 g/mol. The lowest BCUT2D eigenvalue weighted by Gasteiger charge is -2.11. The Labute approximate surface area is 155 Å². The molecule has 124 valence electrons. The van der Waals surface area contributed by atoms with Gasteiger partial charge in [-0.15, -0.1) is 24.0 Å². The topological polar surface area (TPSA) is 66.5 Å². The van der Waals surface area contributed by atoms with E-state index in [0.717, 1.165) is 23.5 Å². The number of rotatable bonds is 5. The fourth-order valence-corrected chi connectivity index (χ4v) is 2.04. The highest BCUT2D eigenvalue weighted by Crippen LogP contribution is 2.12. The summed E-state index contributed by atoms with van der Waals surface area (Å²) in [5.74, 6) is 1.33. The van der Waals surface area contributed by atoms with E-state index in [9.17, 15) is 0 Å². The minimum absolute atomic E-state index is 0. The molecule has 23 heavy (non-hydrogen) atoms. The molecule has 0 radical (unpaired) electrons. The number of halogens is 1. The first-order chi connectivity index (χ1) is 10.6. The van der Waals surface area contributed by atoms with E-state index in [1.807, 2.05) is 43.3 Å². The molecule has 0 aliphatic carbocycles. The number of anilines is 2. The van der Waals surface area contributed by atoms with E-state index >= 15 is 0 Å². The highest BCUT2D eigenvalue weighted by Gasteiger charge is 2.00. The molecule has 0 amide bonds. The summed E-state index contributed by atoms with van der Waals surface area (Å²) in [4.78, 5) is 10.6. The Morgan fingerprint density at radius 1 is 1.22 bits per heavy atom. The van der Waals surface area contributed by atoms with E-state index in [2.05, 4.69) is 34.3 Å². The Bertz CT molecular complexity index is 655. The molecule has 5 nitrogen and oxygen atoms in total. The molecule has 0 aliphatic rings. The van der Waals surface area contributed by atoms with E-state index in [1.54, 1.807) is 6.20 Å². The van der Waals surface area contributed by atoms with Crippen molar-refractivity contribution in [2.75, 3.05) is 24.3 Å². The van der Waals surface area contributed by atoms with E-state index < -0.39 is 0 Å². The molecule has 0 unspecified atom stereocenters. The summed E-state index contributed by atoms with van der Waals surface area (Å²) in [7, 11) is 3.93. The van der Waals surface area contributed by atoms with Crippen molar-refractivity contribution in [1.29, 1.82) is 0 Å². The zero-order valence-corrected chi connectivity index (χ0v) is 16.1. The van der Waals surface area contributed by atoms with Gasteiger partial charge in [-0.3, -0.25) is 0 Å². The van der Waals surface area contributed by atoms with Gasteiger partial charge < -0.3 is 16.0 Å². The van der Waals surface area contributed by atoms with Gasteiger partial charge >= 0.3 is 0 Å². The third kappa shape index (κ3) is 6.05. The highest BCUT2D eigenvalue weighted by molar-refractivity contribution is 14.0. The molecule has 2 aromatic rings. The van der Waals surface area contributed by atoms with E-state index in [4.69, 9.17) is 5.73 Å². The van der Waals surface area contributed by atoms with Gasteiger partial charge in [0.2, 0.25) is 0 Å². The molecule has 6 heteroatoms. The molecule has 1 heterocycles. The quantitative estimate of drug-likeness (QED) is 0.439. The standard InChI is InChI=1S/C17H23N5.HI/c1-4-13-6-5-7-15(10-13)21-17(18)20-12-14-8-9-19-16(11-14)22(2)3;/h5-11H,4,12H2,1-3H3,(H3,18,20,21);1H. The number of pyridine rings is 1. The number of guanidine groups is 1. The summed E-state index contributed by atoms with van der Waals surface area (Å²) in [5.41, 5.74) is 9.26. The van der Waals surface area contributed by atoms with Crippen molar-refractivity contribution in [3.63, 3.8) is 0 Å². The molecule has 2 rings (SSSR count). The summed E-state index contributed by atoms with van der Waals surface area (Å²) in [5, 5.41) is 3.13. The van der Waals surface area contributed by atoms with Gasteiger partial charge in [0.1, 0.15) is 5.82 Å². The van der Waals surface area contributed by atoms with Crippen molar-refractivity contribution in [3.05, 3.63) is 53.7 Å². The number of benzene rings is 1. The van der Waals surface area contributed by atoms with Crippen LogP contribution in [-0.2, 0) is 13.0 Å². The molecule has 0 bridgehead atoms. The van der Waals surface area contributed by atoms with Crippen LogP contribution in [0.1, 0.15) is 18.1 Å². The molecule has 0 saturated carbocycles. The fraction of sp³-hybridized carbons (Fsp3) is 0.294. The maximum Gasteiger partial charge on any atom is 0.193 e. The Hall–Kier alpha value is -1.83. The molecule has 3 N–H and O–H groups in total. The van der Waals surface area contributed by atoms with Gasteiger partial charge in [-0.2, -0.15) is 0 Å². The Morgan fingerprint density at radius 2 is 2.00 bits per heavy atom. The third-order valence-electron chi connectivity index (χ3n) is 3.31. The predicted octanol–water partition coefficient (Wildman–Crippen LogP) is 3.25. The van der Waals surface area contributed by atoms with Crippen molar-refractivity contribution in [1.82, 2.24) is 4.98 Å². The van der Waals surface area contributed by atoms with Crippen LogP contribution in [0, 0.1) is 0 Å². The third-order valence-corrected chi connectivity index (χ3v) is 3.31. The van der Waals surface area contributed by atoms with Gasteiger partial charge in [-0.25, -0.2) is 9.98 Å². The van der Waals surface area contributed by atoms with Gasteiger partial charge in [-0.1, -0.05) is 19.1 Å². The maximum absolute atomic E-state index is 5.96. The number of aromatic nitrogens is 1. The molecule has 0 spiro atoms. The average Bonchev–Trinajstić information content (AvgIpc) is 2.53. The lowest BCUT2D eigenvalue weighted by Crippen LogP contribution is -2.22. The summed E-state index contributed by atoms with van der Waals surface area (Å²) in [6.45, 7) is 2.65. The van der Waals surface area contributed by atoms with Crippen LogP contribution in [0.5, 0.6) is 0 Å². The molecule has 0 aliphatic heterocycles. The lowest BCUT2D eigenvalue weighted by atomic mass is 10.1. The molecule has 0 atom stereocenters. The van der Waals surface area contributed by atoms with Crippen molar-refractivity contribution in [2.24, 2.45) is 10.7 Å². The normalized spacial score (nSPS) is 10.8. The maximum atomic E-state index is 5.96. The number of hydrogen-bond donors (Lipinski definition) is 2. The van der Waals surface area contributed by atoms with Crippen LogP contribution in [0.25, 0.3) is 0 Å². The van der Waals surface area contributed by atoms with Gasteiger partial charge in [0.15, 0.2) is 5.96 Å². The van der Waals surface area contributed by atoms with Crippen molar-refractivity contribution in [2.45, 2.75) is 19.9 Å².